The van der Waals surface area contributed by atoms with Gasteiger partial charge in [-0.15, -0.1) is 0 Å². The number of imidazole rings is 1. The normalized spacial score (nSPS) is 12.5. The minimum Gasteiger partial charge on any atom is -0.354 e. The van der Waals surface area contributed by atoms with E-state index in [1.807, 2.05) is 18.3 Å². The van der Waals surface area contributed by atoms with Crippen molar-refractivity contribution in [1.82, 2.24) is 19.5 Å². The van der Waals surface area contributed by atoms with E-state index >= 15 is 0 Å². The molecule has 0 bridgehead atoms. The predicted molar refractivity (Wildman–Crippen MR) is 177 cm³/mol. The first-order valence-corrected chi connectivity index (χ1v) is 14.7. The lowest BCUT2D eigenvalue weighted by atomic mass is 9.85. The first-order chi connectivity index (χ1) is 20.1. The highest BCUT2D eigenvalue weighted by atomic mass is 15.1. The molecule has 7 rings (SSSR count). The van der Waals surface area contributed by atoms with Gasteiger partial charge < -0.3 is 9.55 Å². The minimum absolute atomic E-state index is 0.0169. The van der Waals surface area contributed by atoms with Crippen molar-refractivity contribution >= 4 is 32.8 Å². The highest BCUT2D eigenvalue weighted by Crippen LogP contribution is 2.42. The van der Waals surface area contributed by atoms with Crippen LogP contribution in [-0.4, -0.2) is 19.5 Å². The second-order valence-electron chi connectivity index (χ2n) is 13.3. The van der Waals surface area contributed by atoms with Gasteiger partial charge in [0.15, 0.2) is 0 Å². The summed E-state index contributed by atoms with van der Waals surface area (Å²) in [5.74, 6) is 0.980. The van der Waals surface area contributed by atoms with E-state index in [0.717, 1.165) is 55.8 Å². The maximum absolute atomic E-state index is 5.50. The van der Waals surface area contributed by atoms with Crippen LogP contribution >= 0.6 is 0 Å². The number of hydrogen-bond acceptors (Lipinski definition) is 2. The molecule has 0 saturated heterocycles. The fourth-order valence-corrected chi connectivity index (χ4v) is 6.13. The van der Waals surface area contributed by atoms with Crippen LogP contribution in [0.2, 0.25) is 0 Å². The lowest BCUT2D eigenvalue weighted by Gasteiger charge is -2.26. The summed E-state index contributed by atoms with van der Waals surface area (Å²) in [6, 6.07) is 34.5. The molecule has 0 radical (unpaired) electrons. The van der Waals surface area contributed by atoms with E-state index < -0.39 is 0 Å². The number of hydrogen-bond donors (Lipinski definition) is 1. The molecule has 7 aromatic rings. The summed E-state index contributed by atoms with van der Waals surface area (Å²) in [5, 5.41) is 2.48. The molecule has 0 aliphatic rings. The number of para-hydroxylation sites is 2. The predicted octanol–water partition coefficient (Wildman–Crippen LogP) is 10.1. The highest BCUT2D eigenvalue weighted by molar-refractivity contribution is 6.12. The van der Waals surface area contributed by atoms with Crippen molar-refractivity contribution in [2.24, 2.45) is 0 Å². The lowest BCUT2D eigenvalue weighted by molar-refractivity contribution is 0.413. The van der Waals surface area contributed by atoms with E-state index in [2.05, 4.69) is 141 Å². The average Bonchev–Trinajstić information content (AvgIpc) is 3.56. The van der Waals surface area contributed by atoms with Crippen molar-refractivity contribution in [3.8, 4) is 33.8 Å². The molecule has 3 aromatic heterocycles. The Labute approximate surface area is 247 Å². The van der Waals surface area contributed by atoms with E-state index in [1.54, 1.807) is 0 Å². The van der Waals surface area contributed by atoms with Gasteiger partial charge in [-0.05, 0) is 79.8 Å². The van der Waals surface area contributed by atoms with Crippen LogP contribution in [0.15, 0.2) is 103 Å². The third-order valence-corrected chi connectivity index (χ3v) is 8.21. The Bertz CT molecular complexity index is 2100. The zero-order valence-corrected chi connectivity index (χ0v) is 25.2. The molecule has 0 unspecified atom stereocenters. The molecule has 0 saturated carbocycles. The number of aromatic amines is 1. The van der Waals surface area contributed by atoms with Crippen LogP contribution in [0, 0.1) is 0 Å². The summed E-state index contributed by atoms with van der Waals surface area (Å²) in [6.07, 6.45) is 1.84. The van der Waals surface area contributed by atoms with Crippen molar-refractivity contribution in [2.75, 3.05) is 0 Å². The smallest absolute Gasteiger partial charge is 0.143 e. The average molecular weight is 549 g/mol. The van der Waals surface area contributed by atoms with Gasteiger partial charge in [-0.3, -0.25) is 4.98 Å². The van der Waals surface area contributed by atoms with Gasteiger partial charge in [0.25, 0.3) is 0 Å². The van der Waals surface area contributed by atoms with Gasteiger partial charge in [-0.1, -0.05) is 75.4 Å². The number of fused-ring (bicyclic) bond motifs is 4. The van der Waals surface area contributed by atoms with Gasteiger partial charge >= 0.3 is 0 Å². The fraction of sp³-hybridized carbons (Fsp3) is 0.211. The molecule has 0 amide bonds. The van der Waals surface area contributed by atoms with Gasteiger partial charge in [0.1, 0.15) is 5.82 Å². The van der Waals surface area contributed by atoms with Crippen LogP contribution in [-0.2, 0) is 11.0 Å². The summed E-state index contributed by atoms with van der Waals surface area (Å²) < 4.78 is 2.42. The molecule has 3 heterocycles. The quantitative estimate of drug-likeness (QED) is 0.239. The Morgan fingerprint density at radius 3 is 2.19 bits per heavy atom. The first kappa shape index (κ1) is 26.2. The van der Waals surface area contributed by atoms with E-state index in [1.165, 1.54) is 16.3 Å². The topological polar surface area (TPSA) is 46.5 Å². The van der Waals surface area contributed by atoms with Crippen LogP contribution in [0.1, 0.15) is 47.1 Å². The van der Waals surface area contributed by atoms with E-state index in [0.29, 0.717) is 0 Å². The molecule has 4 aromatic carbocycles. The summed E-state index contributed by atoms with van der Waals surface area (Å²) >= 11 is 0. The van der Waals surface area contributed by atoms with Crippen molar-refractivity contribution in [3.05, 3.63) is 109 Å². The number of H-pyrrole nitrogens is 1. The van der Waals surface area contributed by atoms with E-state index in [-0.39, 0.29) is 11.0 Å². The van der Waals surface area contributed by atoms with Gasteiger partial charge in [-0.2, -0.15) is 0 Å². The van der Waals surface area contributed by atoms with Gasteiger partial charge in [0.2, 0.25) is 0 Å². The van der Waals surface area contributed by atoms with E-state index in [4.69, 9.17) is 4.98 Å². The summed E-state index contributed by atoms with van der Waals surface area (Å²) in [7, 11) is 0. The summed E-state index contributed by atoms with van der Waals surface area (Å²) in [4.78, 5) is 13.8. The van der Waals surface area contributed by atoms with Gasteiger partial charge in [-0.25, -0.2) is 4.98 Å². The van der Waals surface area contributed by atoms with Crippen LogP contribution in [0.4, 0.5) is 0 Å². The lowest BCUT2D eigenvalue weighted by Crippen LogP contribution is -2.23. The minimum atomic E-state index is -0.200. The number of benzene rings is 4. The molecule has 0 spiro atoms. The number of pyridine rings is 1. The monoisotopic (exact) mass is 548 g/mol. The molecule has 0 fully saturated rings. The molecule has 0 aliphatic carbocycles. The molecule has 42 heavy (non-hydrogen) atoms. The summed E-state index contributed by atoms with van der Waals surface area (Å²) in [5.41, 5.74) is 10.9. The number of rotatable bonds is 3. The second-order valence-corrected chi connectivity index (χ2v) is 13.3. The van der Waals surface area contributed by atoms with Crippen LogP contribution < -0.4 is 0 Å². The van der Waals surface area contributed by atoms with Crippen molar-refractivity contribution in [3.63, 3.8) is 0 Å². The largest absolute Gasteiger partial charge is 0.354 e. The maximum atomic E-state index is 5.50. The number of aromatic nitrogens is 4. The Hall–Kier alpha value is -4.70. The number of nitrogens with zero attached hydrogens (tertiary/aromatic N) is 3. The van der Waals surface area contributed by atoms with E-state index in [9.17, 15) is 0 Å². The fourth-order valence-electron chi connectivity index (χ4n) is 6.13. The zero-order chi connectivity index (χ0) is 29.2. The van der Waals surface area contributed by atoms with Gasteiger partial charge in [0, 0.05) is 44.7 Å². The molecular weight excluding hydrogens is 512 g/mol. The molecule has 208 valence electrons. The Balaban J connectivity index is 1.54. The number of nitrogens with one attached hydrogen (secondary N) is 1. The molecule has 4 heteroatoms. The third-order valence-electron chi connectivity index (χ3n) is 8.21. The van der Waals surface area contributed by atoms with Crippen LogP contribution in [0.25, 0.3) is 66.6 Å². The molecule has 0 aliphatic heterocycles. The van der Waals surface area contributed by atoms with Crippen molar-refractivity contribution < 1.29 is 0 Å². The molecule has 4 nitrogen and oxygen atoms in total. The van der Waals surface area contributed by atoms with Crippen LogP contribution in [0.3, 0.4) is 0 Å². The first-order valence-electron chi connectivity index (χ1n) is 14.7. The standard InChI is InChI=1S/C38H36N4/c1-37(2,3)26-22-29-28-15-7-8-18-32(28)40-34(29)30(23-26)36-41-35-27(16-12-19-33(35)42(36)38(4,5)6)24-13-11-14-25(21-24)31-17-9-10-20-39-31/h7-23,40H,1-6H3. The zero-order valence-electron chi connectivity index (χ0n) is 25.2. The van der Waals surface area contributed by atoms with Crippen LogP contribution in [0.5, 0.6) is 0 Å². The summed E-state index contributed by atoms with van der Waals surface area (Å²) in [6.45, 7) is 13.6. The maximum Gasteiger partial charge on any atom is 0.143 e. The Morgan fingerprint density at radius 2 is 1.43 bits per heavy atom. The SMILES string of the molecule is CC(C)(C)c1cc(-c2nc3c(-c4cccc(-c5ccccn5)c4)cccc3n2C(C)(C)C)c2[nH]c3ccccc3c2c1. The third kappa shape index (κ3) is 4.30. The second kappa shape index (κ2) is 9.42. The van der Waals surface area contributed by atoms with Crippen molar-refractivity contribution in [1.29, 1.82) is 0 Å². The van der Waals surface area contributed by atoms with Gasteiger partial charge in [0.05, 0.1) is 22.2 Å². The Kier molecular flexibility index (Phi) is 5.88. The highest BCUT2D eigenvalue weighted by Gasteiger charge is 2.27. The molecule has 1 N–H and O–H groups in total. The van der Waals surface area contributed by atoms with Crippen molar-refractivity contribution in [2.45, 2.75) is 52.5 Å². The molecular formula is C38H36N4. The Morgan fingerprint density at radius 1 is 0.667 bits per heavy atom. The molecule has 0 atom stereocenters.